The molecule has 2 atom stereocenters. The Morgan fingerprint density at radius 3 is 2.11 bits per heavy atom. The summed E-state index contributed by atoms with van der Waals surface area (Å²) in [4.78, 5) is 40.3. The number of ether oxygens (including phenoxy) is 1. The van der Waals surface area contributed by atoms with Gasteiger partial charge in [0.1, 0.15) is 17.1 Å². The van der Waals surface area contributed by atoms with Crippen molar-refractivity contribution in [3.05, 3.63) is 119 Å². The summed E-state index contributed by atoms with van der Waals surface area (Å²) >= 11 is 1.52. The van der Waals surface area contributed by atoms with Crippen molar-refractivity contribution in [2.24, 2.45) is 0 Å². The van der Waals surface area contributed by atoms with Crippen molar-refractivity contribution in [1.29, 1.82) is 0 Å². The maximum atomic E-state index is 13.3. The minimum atomic E-state index is -0.645. The zero-order chi connectivity index (χ0) is 24.9. The molecule has 2 aliphatic heterocycles. The molecule has 0 saturated carbocycles. The summed E-state index contributed by atoms with van der Waals surface area (Å²) in [5.74, 6) is -0.472. The number of nitrogens with one attached hydrogen (secondary N) is 1. The van der Waals surface area contributed by atoms with Crippen molar-refractivity contribution in [1.82, 2.24) is 10.2 Å². The Labute approximate surface area is 214 Å². The van der Waals surface area contributed by atoms with Gasteiger partial charge in [0.15, 0.2) is 6.10 Å². The van der Waals surface area contributed by atoms with Crippen LogP contribution >= 0.6 is 11.8 Å². The van der Waals surface area contributed by atoms with E-state index in [9.17, 15) is 14.4 Å². The highest BCUT2D eigenvalue weighted by molar-refractivity contribution is 8.00. The van der Waals surface area contributed by atoms with Gasteiger partial charge in [-0.1, -0.05) is 91.0 Å². The van der Waals surface area contributed by atoms with Crippen LogP contribution in [0.4, 0.5) is 0 Å². The van der Waals surface area contributed by atoms with Crippen LogP contribution < -0.4 is 5.32 Å². The van der Waals surface area contributed by atoms with E-state index in [4.69, 9.17) is 4.74 Å². The van der Waals surface area contributed by atoms with Crippen LogP contribution in [0.5, 0.6) is 0 Å². The molecular weight excluding hydrogens is 472 g/mol. The van der Waals surface area contributed by atoms with Gasteiger partial charge in [0.2, 0.25) is 5.91 Å². The molecule has 1 fully saturated rings. The first-order valence-corrected chi connectivity index (χ1v) is 13.0. The fraction of sp³-hybridized carbons (Fsp3) is 0.207. The molecule has 182 valence electrons. The first-order valence-electron chi connectivity index (χ1n) is 11.9. The van der Waals surface area contributed by atoms with Gasteiger partial charge in [0.05, 0.1) is 0 Å². The van der Waals surface area contributed by atoms with E-state index in [-0.39, 0.29) is 22.9 Å². The molecule has 5 rings (SSSR count). The van der Waals surface area contributed by atoms with Crippen molar-refractivity contribution in [2.75, 3.05) is 5.75 Å². The zero-order valence-electron chi connectivity index (χ0n) is 19.6. The summed E-state index contributed by atoms with van der Waals surface area (Å²) in [5, 5.41) is 2.54. The number of fused-ring (bicyclic) bond motifs is 1. The Morgan fingerprint density at radius 2 is 1.50 bits per heavy atom. The van der Waals surface area contributed by atoms with Crippen molar-refractivity contribution >= 4 is 29.5 Å². The topological polar surface area (TPSA) is 75.7 Å². The maximum Gasteiger partial charge on any atom is 0.355 e. The molecule has 36 heavy (non-hydrogen) atoms. The number of carbonyl (C=O) groups excluding carboxylic acids is 3. The number of amides is 2. The lowest BCUT2D eigenvalue weighted by Crippen LogP contribution is -2.70. The summed E-state index contributed by atoms with van der Waals surface area (Å²) in [7, 11) is 0. The van der Waals surface area contributed by atoms with Crippen LogP contribution in [0.3, 0.4) is 0 Å². The lowest BCUT2D eigenvalue weighted by molar-refractivity contribution is -0.154. The van der Waals surface area contributed by atoms with Gasteiger partial charge in [-0.2, -0.15) is 0 Å². The van der Waals surface area contributed by atoms with Crippen molar-refractivity contribution < 1.29 is 19.1 Å². The monoisotopic (exact) mass is 498 g/mol. The van der Waals surface area contributed by atoms with Crippen LogP contribution in [0.2, 0.25) is 0 Å². The van der Waals surface area contributed by atoms with Crippen LogP contribution in [0, 0.1) is 0 Å². The van der Waals surface area contributed by atoms with Gasteiger partial charge in [-0.25, -0.2) is 4.79 Å². The van der Waals surface area contributed by atoms with Crippen LogP contribution in [-0.2, 0) is 25.5 Å². The molecule has 3 aromatic carbocycles. The molecular formula is C29H26N2O4S. The number of nitrogens with zero attached hydrogens (tertiary/aromatic N) is 1. The first kappa shape index (κ1) is 23.9. The van der Waals surface area contributed by atoms with Gasteiger partial charge in [-0.05, 0) is 29.2 Å². The van der Waals surface area contributed by atoms with Crippen LogP contribution in [-0.4, -0.2) is 39.9 Å². The van der Waals surface area contributed by atoms with Gasteiger partial charge in [0.25, 0.3) is 5.91 Å². The molecule has 0 unspecified atom stereocenters. The van der Waals surface area contributed by atoms with Crippen molar-refractivity contribution in [3.8, 4) is 0 Å². The third kappa shape index (κ3) is 5.06. The van der Waals surface area contributed by atoms with E-state index < -0.39 is 18.1 Å². The van der Waals surface area contributed by atoms with E-state index in [0.717, 1.165) is 16.7 Å². The lowest BCUT2D eigenvalue weighted by atomic mass is 10.0. The Hall–Kier alpha value is -3.84. The van der Waals surface area contributed by atoms with Crippen molar-refractivity contribution in [3.63, 3.8) is 0 Å². The van der Waals surface area contributed by atoms with E-state index in [0.29, 0.717) is 18.6 Å². The second-order valence-electron chi connectivity index (χ2n) is 8.66. The average molecular weight is 499 g/mol. The van der Waals surface area contributed by atoms with E-state index in [1.165, 1.54) is 16.7 Å². The third-order valence-electron chi connectivity index (χ3n) is 6.29. The number of β-lactam (4-membered cyclic amide) rings is 1. The zero-order valence-corrected chi connectivity index (χ0v) is 20.4. The second-order valence-corrected chi connectivity index (χ2v) is 9.81. The Kier molecular flexibility index (Phi) is 7.18. The van der Waals surface area contributed by atoms with E-state index in [1.54, 1.807) is 6.08 Å². The van der Waals surface area contributed by atoms with Gasteiger partial charge < -0.3 is 10.1 Å². The molecule has 0 aromatic heterocycles. The summed E-state index contributed by atoms with van der Waals surface area (Å²) in [6, 6.07) is 28.2. The predicted molar refractivity (Wildman–Crippen MR) is 139 cm³/mol. The number of thioether (sulfide) groups is 1. The summed E-state index contributed by atoms with van der Waals surface area (Å²) in [6.45, 7) is 0. The van der Waals surface area contributed by atoms with Gasteiger partial charge in [0, 0.05) is 12.2 Å². The third-order valence-corrected chi connectivity index (χ3v) is 7.47. The van der Waals surface area contributed by atoms with Gasteiger partial charge in [-0.3, -0.25) is 14.5 Å². The fourth-order valence-electron chi connectivity index (χ4n) is 4.43. The molecule has 3 aromatic rings. The Bertz CT molecular complexity index is 1220. The molecule has 2 heterocycles. The molecule has 0 aliphatic carbocycles. The van der Waals surface area contributed by atoms with Gasteiger partial charge in [-0.15, -0.1) is 11.8 Å². The number of rotatable bonds is 8. The SMILES string of the molecule is O=C(CCc1ccccc1)N[C@@H]1C(=O)N2C(C(=O)OC(c3ccccc3)c3ccccc3)=CCS[C@H]12. The highest BCUT2D eigenvalue weighted by atomic mass is 32.2. The molecule has 0 bridgehead atoms. The summed E-state index contributed by atoms with van der Waals surface area (Å²) in [6.07, 6.45) is 2.03. The molecule has 1 saturated heterocycles. The number of carbonyl (C=O) groups is 3. The lowest BCUT2D eigenvalue weighted by Gasteiger charge is -2.48. The van der Waals surface area contributed by atoms with E-state index in [1.807, 2.05) is 91.0 Å². The highest BCUT2D eigenvalue weighted by Gasteiger charge is 2.53. The van der Waals surface area contributed by atoms with E-state index >= 15 is 0 Å². The first-order chi connectivity index (χ1) is 17.6. The Balaban J connectivity index is 1.24. The highest BCUT2D eigenvalue weighted by Crippen LogP contribution is 2.39. The number of esters is 1. The molecule has 2 aliphatic rings. The number of hydrogen-bond donors (Lipinski definition) is 1. The minimum absolute atomic E-state index is 0.177. The van der Waals surface area contributed by atoms with Crippen molar-refractivity contribution in [2.45, 2.75) is 30.4 Å². The normalized spacial score (nSPS) is 18.6. The number of hydrogen-bond acceptors (Lipinski definition) is 5. The number of aryl methyl sites for hydroxylation is 1. The number of benzene rings is 3. The largest absolute Gasteiger partial charge is 0.448 e. The Morgan fingerprint density at radius 1 is 0.917 bits per heavy atom. The van der Waals surface area contributed by atoms with Crippen LogP contribution in [0.25, 0.3) is 0 Å². The fourth-order valence-corrected chi connectivity index (χ4v) is 5.62. The van der Waals surface area contributed by atoms with Crippen LogP contribution in [0.1, 0.15) is 29.2 Å². The maximum absolute atomic E-state index is 13.3. The molecule has 1 N–H and O–H groups in total. The molecule has 2 amide bonds. The molecule has 0 spiro atoms. The minimum Gasteiger partial charge on any atom is -0.448 e. The molecule has 7 heteroatoms. The summed E-state index contributed by atoms with van der Waals surface area (Å²) in [5.41, 5.74) is 2.99. The second kappa shape index (κ2) is 10.8. The van der Waals surface area contributed by atoms with Crippen LogP contribution in [0.15, 0.2) is 103 Å². The summed E-state index contributed by atoms with van der Waals surface area (Å²) < 4.78 is 5.97. The quantitative estimate of drug-likeness (QED) is 0.372. The van der Waals surface area contributed by atoms with E-state index in [2.05, 4.69) is 5.32 Å². The van der Waals surface area contributed by atoms with Gasteiger partial charge >= 0.3 is 5.97 Å². The predicted octanol–water partition coefficient (Wildman–Crippen LogP) is 4.24. The average Bonchev–Trinajstić information content (AvgIpc) is 2.94. The molecule has 0 radical (unpaired) electrons. The smallest absolute Gasteiger partial charge is 0.355 e. The molecule has 6 nitrogen and oxygen atoms in total. The standard InChI is InChI=1S/C29H26N2O4S/c32-24(17-16-20-10-4-1-5-11-20)30-25-27(33)31-23(18-19-36-28(25)31)29(34)35-26(21-12-6-2-7-13-21)22-14-8-3-9-15-22/h1-15,18,25-26,28H,16-17,19H2,(H,30,32)/t25-,28-/m1/s1.